The number of imidazole rings is 1. The zero-order valence-corrected chi connectivity index (χ0v) is 17.0. The minimum atomic E-state index is -0.587. The molecule has 8 nitrogen and oxygen atoms in total. The van der Waals surface area contributed by atoms with E-state index in [0.29, 0.717) is 23.2 Å². The number of carbonyl (C=O) groups excluding carboxylic acids is 1. The van der Waals surface area contributed by atoms with Gasteiger partial charge in [-0.3, -0.25) is 9.72 Å². The van der Waals surface area contributed by atoms with Crippen LogP contribution in [0.5, 0.6) is 5.75 Å². The molecule has 2 heterocycles. The first kappa shape index (κ1) is 19.0. The number of methoxy groups -OCH3 is 1. The molecule has 0 bridgehead atoms. The van der Waals surface area contributed by atoms with E-state index in [-0.39, 0.29) is 0 Å². The summed E-state index contributed by atoms with van der Waals surface area (Å²) in [4.78, 5) is 21.2. The highest BCUT2D eigenvalue weighted by atomic mass is 16.6. The van der Waals surface area contributed by atoms with E-state index < -0.39 is 11.7 Å². The van der Waals surface area contributed by atoms with Crippen LogP contribution in [0.2, 0.25) is 0 Å². The second-order valence-corrected chi connectivity index (χ2v) is 8.17. The zero-order chi connectivity index (χ0) is 20.8. The van der Waals surface area contributed by atoms with E-state index in [4.69, 9.17) is 20.2 Å². The molecule has 0 saturated heterocycles. The van der Waals surface area contributed by atoms with Crippen LogP contribution < -0.4 is 15.8 Å². The van der Waals surface area contributed by atoms with Crippen molar-refractivity contribution in [3.05, 3.63) is 36.4 Å². The van der Waals surface area contributed by atoms with Crippen molar-refractivity contribution in [1.29, 1.82) is 0 Å². The van der Waals surface area contributed by atoms with E-state index in [2.05, 4.69) is 10.3 Å². The Morgan fingerprint density at radius 3 is 2.72 bits per heavy atom. The minimum absolute atomic E-state index is 0.428. The third-order valence-corrected chi connectivity index (χ3v) is 4.66. The normalized spacial score (nSPS) is 14.1. The molecule has 29 heavy (non-hydrogen) atoms. The number of nitrogen functional groups attached to an aromatic ring is 1. The molecule has 152 valence electrons. The van der Waals surface area contributed by atoms with Crippen LogP contribution in [0.25, 0.3) is 16.8 Å². The number of aromatic nitrogens is 3. The van der Waals surface area contributed by atoms with Gasteiger partial charge in [0.15, 0.2) is 0 Å². The van der Waals surface area contributed by atoms with Crippen molar-refractivity contribution in [3.63, 3.8) is 0 Å². The number of hydrogen-bond donors (Lipinski definition) is 2. The number of hydrogen-bond acceptors (Lipinski definition) is 6. The molecule has 1 aliphatic carbocycles. The van der Waals surface area contributed by atoms with Crippen molar-refractivity contribution < 1.29 is 14.3 Å². The fourth-order valence-corrected chi connectivity index (χ4v) is 3.27. The molecule has 1 aromatic carbocycles. The first-order chi connectivity index (χ1) is 13.8. The van der Waals surface area contributed by atoms with Gasteiger partial charge >= 0.3 is 6.09 Å². The first-order valence-electron chi connectivity index (χ1n) is 9.57. The molecule has 2 aromatic heterocycles. The van der Waals surface area contributed by atoms with Crippen molar-refractivity contribution in [3.8, 4) is 17.0 Å². The van der Waals surface area contributed by atoms with Crippen LogP contribution in [-0.2, 0) is 4.74 Å². The Morgan fingerprint density at radius 2 is 2.07 bits per heavy atom. The van der Waals surface area contributed by atoms with E-state index in [1.807, 2.05) is 43.5 Å². The van der Waals surface area contributed by atoms with Gasteiger partial charge in [-0.1, -0.05) is 6.07 Å². The van der Waals surface area contributed by atoms with E-state index in [1.165, 1.54) is 0 Å². The quantitative estimate of drug-likeness (QED) is 0.686. The van der Waals surface area contributed by atoms with Gasteiger partial charge in [0.25, 0.3) is 0 Å². The lowest BCUT2D eigenvalue weighted by Gasteiger charge is -2.20. The van der Waals surface area contributed by atoms with E-state index in [9.17, 15) is 4.79 Å². The van der Waals surface area contributed by atoms with Gasteiger partial charge in [-0.2, -0.15) is 0 Å². The maximum atomic E-state index is 12.1. The molecule has 0 atom stereocenters. The van der Waals surface area contributed by atoms with Gasteiger partial charge < -0.3 is 15.2 Å². The molecular formula is C21H25N5O3. The molecule has 1 saturated carbocycles. The van der Waals surface area contributed by atoms with Crippen LogP contribution in [-0.4, -0.2) is 33.2 Å². The Labute approximate surface area is 169 Å². The second-order valence-electron chi connectivity index (χ2n) is 8.17. The lowest BCUT2D eigenvalue weighted by Crippen LogP contribution is -2.27. The summed E-state index contributed by atoms with van der Waals surface area (Å²) in [6.07, 6.45) is 5.30. The third-order valence-electron chi connectivity index (χ3n) is 4.66. The van der Waals surface area contributed by atoms with Gasteiger partial charge in [0, 0.05) is 23.9 Å². The lowest BCUT2D eigenvalue weighted by atomic mass is 10.1. The average Bonchev–Trinajstić information content (AvgIpc) is 3.41. The Morgan fingerprint density at radius 1 is 1.31 bits per heavy atom. The van der Waals surface area contributed by atoms with Gasteiger partial charge in [-0.05, 0) is 45.7 Å². The van der Waals surface area contributed by atoms with Crippen LogP contribution in [0.1, 0.15) is 45.4 Å². The van der Waals surface area contributed by atoms with Gasteiger partial charge in [0.2, 0.25) is 0 Å². The topological polar surface area (TPSA) is 104 Å². The Kier molecular flexibility index (Phi) is 4.56. The van der Waals surface area contributed by atoms with Gasteiger partial charge in [0.1, 0.15) is 34.2 Å². The average molecular weight is 395 g/mol. The number of nitrogens with zero attached hydrogens (tertiary/aromatic N) is 3. The number of rotatable bonds is 4. The summed E-state index contributed by atoms with van der Waals surface area (Å²) < 4.78 is 12.8. The third kappa shape index (κ3) is 3.83. The minimum Gasteiger partial charge on any atom is -0.495 e. The van der Waals surface area contributed by atoms with Crippen molar-refractivity contribution >= 4 is 23.1 Å². The van der Waals surface area contributed by atoms with Crippen LogP contribution in [0, 0.1) is 0 Å². The molecule has 1 fully saturated rings. The molecule has 0 spiro atoms. The number of fused-ring (bicyclic) bond motifs is 1. The summed E-state index contributed by atoms with van der Waals surface area (Å²) in [6.45, 7) is 5.44. The van der Waals surface area contributed by atoms with Crippen LogP contribution >= 0.6 is 0 Å². The SMILES string of the molecule is COc1cc(-c2nc(C3CC3)n3ccnc(N)c23)ccc1NC(=O)OC(C)(C)C. The maximum absolute atomic E-state index is 12.1. The number of benzene rings is 1. The smallest absolute Gasteiger partial charge is 0.412 e. The van der Waals surface area contributed by atoms with Crippen LogP contribution in [0.3, 0.4) is 0 Å². The zero-order valence-electron chi connectivity index (χ0n) is 17.0. The van der Waals surface area contributed by atoms with Crippen LogP contribution in [0.4, 0.5) is 16.3 Å². The number of carbonyl (C=O) groups is 1. The Balaban J connectivity index is 1.72. The Hall–Kier alpha value is -3.29. The molecule has 3 aromatic rings. The van der Waals surface area contributed by atoms with Crippen molar-refractivity contribution in [2.24, 2.45) is 0 Å². The molecular weight excluding hydrogens is 370 g/mol. The molecule has 0 radical (unpaired) electrons. The number of ether oxygens (including phenoxy) is 2. The molecule has 4 rings (SSSR count). The number of anilines is 2. The number of nitrogens with two attached hydrogens (primary N) is 1. The molecule has 3 N–H and O–H groups in total. The van der Waals surface area contributed by atoms with Gasteiger partial charge in [0.05, 0.1) is 12.8 Å². The summed E-state index contributed by atoms with van der Waals surface area (Å²) in [6, 6.07) is 5.48. The number of amides is 1. The van der Waals surface area contributed by atoms with Gasteiger partial charge in [-0.15, -0.1) is 0 Å². The molecule has 0 unspecified atom stereocenters. The summed E-state index contributed by atoms with van der Waals surface area (Å²) in [5.41, 5.74) is 8.47. The summed E-state index contributed by atoms with van der Waals surface area (Å²) in [5, 5.41) is 2.73. The lowest BCUT2D eigenvalue weighted by molar-refractivity contribution is 0.0635. The van der Waals surface area contributed by atoms with Crippen molar-refractivity contribution in [2.75, 3.05) is 18.2 Å². The van der Waals surface area contributed by atoms with E-state index in [1.54, 1.807) is 19.4 Å². The highest BCUT2D eigenvalue weighted by molar-refractivity contribution is 5.90. The standard InChI is InChI=1S/C21H25N5O3/c1-21(2,3)29-20(27)24-14-8-7-13(11-15(14)28-4)16-17-18(22)23-9-10-26(17)19(25-16)12-5-6-12/h7-12H,5-6H2,1-4H3,(H2,22,23)(H,24,27). The summed E-state index contributed by atoms with van der Waals surface area (Å²) >= 11 is 0. The molecule has 1 aliphatic rings. The monoisotopic (exact) mass is 395 g/mol. The predicted molar refractivity (Wildman–Crippen MR) is 111 cm³/mol. The van der Waals surface area contributed by atoms with E-state index >= 15 is 0 Å². The summed E-state index contributed by atoms with van der Waals surface area (Å²) in [5.74, 6) is 2.38. The van der Waals surface area contributed by atoms with Crippen molar-refractivity contribution in [2.45, 2.75) is 45.1 Å². The molecule has 8 heteroatoms. The molecule has 0 aliphatic heterocycles. The highest BCUT2D eigenvalue weighted by Gasteiger charge is 2.30. The second kappa shape index (κ2) is 6.95. The number of nitrogens with one attached hydrogen (secondary N) is 1. The largest absolute Gasteiger partial charge is 0.495 e. The Bertz CT molecular complexity index is 1080. The summed E-state index contributed by atoms with van der Waals surface area (Å²) in [7, 11) is 1.55. The van der Waals surface area contributed by atoms with Crippen LogP contribution in [0.15, 0.2) is 30.6 Å². The first-order valence-corrected chi connectivity index (χ1v) is 9.57. The highest BCUT2D eigenvalue weighted by Crippen LogP contribution is 2.42. The van der Waals surface area contributed by atoms with E-state index in [0.717, 1.165) is 35.4 Å². The van der Waals surface area contributed by atoms with Crippen molar-refractivity contribution in [1.82, 2.24) is 14.4 Å². The predicted octanol–water partition coefficient (Wildman–Crippen LogP) is 4.21. The van der Waals surface area contributed by atoms with Gasteiger partial charge in [-0.25, -0.2) is 14.8 Å². The fraction of sp³-hybridized carbons (Fsp3) is 0.381. The fourth-order valence-electron chi connectivity index (χ4n) is 3.27. The maximum Gasteiger partial charge on any atom is 0.412 e. The molecule has 1 amide bonds.